The van der Waals surface area contributed by atoms with Gasteiger partial charge in [-0.25, -0.2) is 4.98 Å². The number of benzene rings is 1. The van der Waals surface area contributed by atoms with E-state index in [1.807, 2.05) is 24.3 Å². The number of imidazole rings is 1. The van der Waals surface area contributed by atoms with Gasteiger partial charge in [-0.3, -0.25) is 4.79 Å². The molecule has 3 rings (SSSR count). The molecule has 1 aliphatic carbocycles. The molecular weight excluding hydrogens is 226 g/mol. The molecule has 4 nitrogen and oxygen atoms in total. The fourth-order valence-corrected chi connectivity index (χ4v) is 2.56. The second-order valence-electron chi connectivity index (χ2n) is 4.91. The van der Waals surface area contributed by atoms with E-state index in [-0.39, 0.29) is 5.91 Å². The first-order chi connectivity index (χ1) is 8.83. The molecule has 94 valence electrons. The number of hydrogen-bond donors (Lipinski definition) is 2. The molecule has 2 aromatic rings. The van der Waals surface area contributed by atoms with Gasteiger partial charge in [-0.2, -0.15) is 0 Å². The molecule has 0 atom stereocenters. The molecule has 1 amide bonds. The first-order valence-corrected chi connectivity index (χ1v) is 6.58. The van der Waals surface area contributed by atoms with Gasteiger partial charge in [0, 0.05) is 6.04 Å². The number of H-pyrrole nitrogens is 1. The molecule has 18 heavy (non-hydrogen) atoms. The van der Waals surface area contributed by atoms with Gasteiger partial charge in [-0.15, -0.1) is 0 Å². The summed E-state index contributed by atoms with van der Waals surface area (Å²) in [5.74, 6) is 0.333. The second-order valence-corrected chi connectivity index (χ2v) is 4.91. The zero-order chi connectivity index (χ0) is 12.4. The van der Waals surface area contributed by atoms with Gasteiger partial charge in [0.2, 0.25) is 0 Å². The number of nitrogens with one attached hydrogen (secondary N) is 2. The molecule has 0 spiro atoms. The molecule has 1 fully saturated rings. The first-order valence-electron chi connectivity index (χ1n) is 6.58. The number of amides is 1. The van der Waals surface area contributed by atoms with Crippen molar-refractivity contribution in [1.29, 1.82) is 0 Å². The van der Waals surface area contributed by atoms with Gasteiger partial charge in [0.05, 0.1) is 11.0 Å². The molecule has 1 aromatic carbocycles. The zero-order valence-electron chi connectivity index (χ0n) is 10.3. The van der Waals surface area contributed by atoms with E-state index < -0.39 is 0 Å². The molecule has 4 heteroatoms. The van der Waals surface area contributed by atoms with Gasteiger partial charge in [0.15, 0.2) is 5.82 Å². The highest BCUT2D eigenvalue weighted by Gasteiger charge is 2.18. The van der Waals surface area contributed by atoms with Crippen LogP contribution < -0.4 is 5.32 Å². The minimum absolute atomic E-state index is 0.0851. The Labute approximate surface area is 106 Å². The SMILES string of the molecule is O=C(NC1CCCCC1)c1nc2ccccc2[nH]1. The topological polar surface area (TPSA) is 57.8 Å². The molecular formula is C14H17N3O. The summed E-state index contributed by atoms with van der Waals surface area (Å²) >= 11 is 0. The van der Waals surface area contributed by atoms with Crippen molar-refractivity contribution in [1.82, 2.24) is 15.3 Å². The summed E-state index contributed by atoms with van der Waals surface area (Å²) in [6.07, 6.45) is 5.89. The van der Waals surface area contributed by atoms with Crippen LogP contribution in [0.25, 0.3) is 11.0 Å². The third-order valence-corrected chi connectivity index (χ3v) is 3.54. The van der Waals surface area contributed by atoms with E-state index in [2.05, 4.69) is 15.3 Å². The Morgan fingerprint density at radius 3 is 2.78 bits per heavy atom. The fourth-order valence-electron chi connectivity index (χ4n) is 2.56. The van der Waals surface area contributed by atoms with Gasteiger partial charge in [0.25, 0.3) is 5.91 Å². The number of fused-ring (bicyclic) bond motifs is 1. The summed E-state index contributed by atoms with van der Waals surface area (Å²) in [6.45, 7) is 0. The number of carbonyl (C=O) groups is 1. The predicted molar refractivity (Wildman–Crippen MR) is 70.4 cm³/mol. The van der Waals surface area contributed by atoms with Gasteiger partial charge in [-0.1, -0.05) is 31.4 Å². The summed E-state index contributed by atoms with van der Waals surface area (Å²) in [4.78, 5) is 19.4. The lowest BCUT2D eigenvalue weighted by Gasteiger charge is -2.22. The van der Waals surface area contributed by atoms with Crippen LogP contribution in [0.4, 0.5) is 0 Å². The largest absolute Gasteiger partial charge is 0.347 e. The van der Waals surface area contributed by atoms with E-state index in [4.69, 9.17) is 0 Å². The smallest absolute Gasteiger partial charge is 0.287 e. The number of aromatic amines is 1. The molecule has 0 unspecified atom stereocenters. The third kappa shape index (κ3) is 2.23. The standard InChI is InChI=1S/C14H17N3O/c18-14(15-10-6-2-1-3-7-10)13-16-11-8-4-5-9-12(11)17-13/h4-5,8-10H,1-3,6-7H2,(H,15,18)(H,16,17). The molecule has 1 aromatic heterocycles. The average Bonchev–Trinajstić information content (AvgIpc) is 2.84. The Bertz CT molecular complexity index is 522. The number of para-hydroxylation sites is 2. The average molecular weight is 243 g/mol. The van der Waals surface area contributed by atoms with Crippen molar-refractivity contribution in [3.05, 3.63) is 30.1 Å². The van der Waals surface area contributed by atoms with Crippen LogP contribution in [0.5, 0.6) is 0 Å². The zero-order valence-corrected chi connectivity index (χ0v) is 10.3. The van der Waals surface area contributed by atoms with Crippen LogP contribution in [0.3, 0.4) is 0 Å². The van der Waals surface area contributed by atoms with Crippen LogP contribution in [-0.2, 0) is 0 Å². The molecule has 1 saturated carbocycles. The molecule has 0 saturated heterocycles. The molecule has 1 aliphatic rings. The van der Waals surface area contributed by atoms with Crippen molar-refractivity contribution >= 4 is 16.9 Å². The van der Waals surface area contributed by atoms with E-state index in [0.29, 0.717) is 11.9 Å². The Morgan fingerprint density at radius 2 is 2.00 bits per heavy atom. The van der Waals surface area contributed by atoms with E-state index in [1.54, 1.807) is 0 Å². The summed E-state index contributed by atoms with van der Waals surface area (Å²) in [6, 6.07) is 8.01. The van der Waals surface area contributed by atoms with Crippen LogP contribution in [0.2, 0.25) is 0 Å². The number of rotatable bonds is 2. The molecule has 1 heterocycles. The highest BCUT2D eigenvalue weighted by Crippen LogP contribution is 2.18. The number of carbonyl (C=O) groups excluding carboxylic acids is 1. The Balaban J connectivity index is 1.74. The van der Waals surface area contributed by atoms with E-state index in [1.165, 1.54) is 19.3 Å². The van der Waals surface area contributed by atoms with Crippen LogP contribution in [-0.4, -0.2) is 21.9 Å². The lowest BCUT2D eigenvalue weighted by Crippen LogP contribution is -2.36. The highest BCUT2D eigenvalue weighted by atomic mass is 16.2. The lowest BCUT2D eigenvalue weighted by molar-refractivity contribution is 0.0918. The molecule has 2 N–H and O–H groups in total. The number of nitrogens with zero attached hydrogens (tertiary/aromatic N) is 1. The summed E-state index contributed by atoms with van der Waals surface area (Å²) in [5, 5.41) is 3.06. The Morgan fingerprint density at radius 1 is 1.22 bits per heavy atom. The minimum atomic E-state index is -0.0851. The van der Waals surface area contributed by atoms with Crippen molar-refractivity contribution in [2.75, 3.05) is 0 Å². The molecule has 0 radical (unpaired) electrons. The molecule has 0 bridgehead atoms. The second kappa shape index (κ2) is 4.80. The highest BCUT2D eigenvalue weighted by molar-refractivity contribution is 5.94. The minimum Gasteiger partial charge on any atom is -0.347 e. The maximum absolute atomic E-state index is 12.1. The van der Waals surface area contributed by atoms with Crippen molar-refractivity contribution in [3.8, 4) is 0 Å². The van der Waals surface area contributed by atoms with Crippen LogP contribution in [0, 0.1) is 0 Å². The third-order valence-electron chi connectivity index (χ3n) is 3.54. The van der Waals surface area contributed by atoms with Crippen molar-refractivity contribution in [2.24, 2.45) is 0 Å². The number of hydrogen-bond acceptors (Lipinski definition) is 2. The Hall–Kier alpha value is -1.84. The lowest BCUT2D eigenvalue weighted by atomic mass is 9.95. The van der Waals surface area contributed by atoms with Gasteiger partial charge >= 0.3 is 0 Å². The first kappa shape index (κ1) is 11.3. The summed E-state index contributed by atoms with van der Waals surface area (Å²) < 4.78 is 0. The van der Waals surface area contributed by atoms with Gasteiger partial charge in [-0.05, 0) is 25.0 Å². The quantitative estimate of drug-likeness (QED) is 0.851. The number of aromatic nitrogens is 2. The Kier molecular flexibility index (Phi) is 3.00. The van der Waals surface area contributed by atoms with Crippen molar-refractivity contribution in [2.45, 2.75) is 38.1 Å². The van der Waals surface area contributed by atoms with E-state index in [9.17, 15) is 4.79 Å². The van der Waals surface area contributed by atoms with Gasteiger partial charge in [0.1, 0.15) is 0 Å². The predicted octanol–water partition coefficient (Wildman–Crippen LogP) is 2.63. The van der Waals surface area contributed by atoms with E-state index in [0.717, 1.165) is 23.9 Å². The van der Waals surface area contributed by atoms with Crippen LogP contribution >= 0.6 is 0 Å². The fraction of sp³-hybridized carbons (Fsp3) is 0.429. The van der Waals surface area contributed by atoms with Crippen molar-refractivity contribution in [3.63, 3.8) is 0 Å². The van der Waals surface area contributed by atoms with E-state index >= 15 is 0 Å². The molecule has 0 aliphatic heterocycles. The monoisotopic (exact) mass is 243 g/mol. The maximum Gasteiger partial charge on any atom is 0.287 e. The summed E-state index contributed by atoms with van der Waals surface area (Å²) in [5.41, 5.74) is 1.75. The van der Waals surface area contributed by atoms with Crippen molar-refractivity contribution < 1.29 is 4.79 Å². The van der Waals surface area contributed by atoms with Crippen LogP contribution in [0.1, 0.15) is 42.7 Å². The van der Waals surface area contributed by atoms with Crippen LogP contribution in [0.15, 0.2) is 24.3 Å². The summed E-state index contributed by atoms with van der Waals surface area (Å²) in [7, 11) is 0. The normalized spacial score (nSPS) is 16.9. The maximum atomic E-state index is 12.1. The van der Waals surface area contributed by atoms with Gasteiger partial charge < -0.3 is 10.3 Å².